The summed E-state index contributed by atoms with van der Waals surface area (Å²) in [6.45, 7) is 2.73. The maximum Gasteiger partial charge on any atom is 0.136 e. The van der Waals surface area contributed by atoms with Crippen molar-refractivity contribution in [1.29, 1.82) is 5.41 Å². The Labute approximate surface area is 149 Å². The van der Waals surface area contributed by atoms with E-state index in [1.165, 1.54) is 10.4 Å². The highest BCUT2D eigenvalue weighted by atomic mass is 35.5. The fourth-order valence-electron chi connectivity index (χ4n) is 3.29. The van der Waals surface area contributed by atoms with E-state index in [-0.39, 0.29) is 0 Å². The molecule has 0 saturated heterocycles. The molecule has 0 radical (unpaired) electrons. The summed E-state index contributed by atoms with van der Waals surface area (Å²) in [5.74, 6) is 0. The summed E-state index contributed by atoms with van der Waals surface area (Å²) in [5, 5.41) is 10.5. The maximum atomic E-state index is 8.65. The van der Waals surface area contributed by atoms with E-state index in [4.69, 9.17) is 17.0 Å². The topological polar surface area (TPSA) is 44.9 Å². The van der Waals surface area contributed by atoms with Crippen molar-refractivity contribution in [3.05, 3.63) is 57.1 Å². The molecule has 0 atom stereocenters. The molecule has 0 spiro atoms. The number of benzene rings is 1. The molecule has 6 heteroatoms. The average Bonchev–Trinajstić information content (AvgIpc) is 2.93. The molecule has 4 nitrogen and oxygen atoms in total. The predicted octanol–water partition coefficient (Wildman–Crippen LogP) is 3.46. The fraction of sp³-hybridized carbons (Fsp3) is 0.333. The van der Waals surface area contributed by atoms with Crippen LogP contribution in [0.15, 0.2) is 30.6 Å². The van der Waals surface area contributed by atoms with E-state index >= 15 is 0 Å². The van der Waals surface area contributed by atoms with Gasteiger partial charge in [0.15, 0.2) is 0 Å². The summed E-state index contributed by atoms with van der Waals surface area (Å²) in [7, 11) is 2.14. The Kier molecular flexibility index (Phi) is 4.16. The smallest absolute Gasteiger partial charge is 0.136 e. The van der Waals surface area contributed by atoms with Gasteiger partial charge in [0.05, 0.1) is 11.7 Å². The van der Waals surface area contributed by atoms with E-state index in [0.717, 1.165) is 53.3 Å². The highest BCUT2D eigenvalue weighted by Gasteiger charge is 2.21. The summed E-state index contributed by atoms with van der Waals surface area (Å²) in [6.07, 6.45) is 3.61. The number of thiophene rings is 1. The van der Waals surface area contributed by atoms with Crippen LogP contribution in [0.3, 0.4) is 0 Å². The maximum absolute atomic E-state index is 8.65. The summed E-state index contributed by atoms with van der Waals surface area (Å²) in [6, 6.07) is 7.90. The van der Waals surface area contributed by atoms with Gasteiger partial charge in [-0.3, -0.25) is 5.41 Å². The predicted molar refractivity (Wildman–Crippen MR) is 98.7 cm³/mol. The quantitative estimate of drug-likeness (QED) is 0.779. The lowest BCUT2D eigenvalue weighted by atomic mass is 10.1. The number of hydrogen-bond acceptors (Lipinski definition) is 4. The van der Waals surface area contributed by atoms with Gasteiger partial charge in [0, 0.05) is 29.5 Å². The lowest BCUT2D eigenvalue weighted by molar-refractivity contribution is 0.318. The van der Waals surface area contributed by atoms with Crippen LogP contribution in [0.2, 0.25) is 5.02 Å². The van der Waals surface area contributed by atoms with E-state index in [1.54, 1.807) is 17.7 Å². The van der Waals surface area contributed by atoms with Crippen molar-refractivity contribution in [1.82, 2.24) is 14.5 Å². The van der Waals surface area contributed by atoms with Crippen molar-refractivity contribution < 1.29 is 0 Å². The SMILES string of the molecule is CN1CCc2c(sc3ncn(CCc4ccccc4Cl)c(=N)c23)C1. The summed E-state index contributed by atoms with van der Waals surface area (Å²) < 4.78 is 1.94. The third kappa shape index (κ3) is 2.77. The molecule has 24 heavy (non-hydrogen) atoms. The minimum atomic E-state index is 0.578. The molecule has 1 aliphatic heterocycles. The zero-order valence-electron chi connectivity index (χ0n) is 13.6. The third-order valence-corrected chi connectivity index (χ3v) is 6.14. The van der Waals surface area contributed by atoms with Gasteiger partial charge in [-0.2, -0.15) is 0 Å². The molecule has 3 heterocycles. The molecule has 0 aliphatic carbocycles. The van der Waals surface area contributed by atoms with Crippen LogP contribution in [0.4, 0.5) is 0 Å². The molecule has 124 valence electrons. The van der Waals surface area contributed by atoms with E-state index in [9.17, 15) is 0 Å². The molecule has 3 aromatic rings. The first kappa shape index (κ1) is 15.8. The first-order valence-electron chi connectivity index (χ1n) is 8.09. The van der Waals surface area contributed by atoms with Crippen LogP contribution in [0.25, 0.3) is 10.2 Å². The van der Waals surface area contributed by atoms with Crippen molar-refractivity contribution in [2.45, 2.75) is 25.9 Å². The van der Waals surface area contributed by atoms with Crippen LogP contribution in [0.1, 0.15) is 16.0 Å². The lowest BCUT2D eigenvalue weighted by Crippen LogP contribution is -2.27. The molecule has 4 rings (SSSR count). The molecule has 1 aromatic carbocycles. The number of hydrogen-bond donors (Lipinski definition) is 1. The van der Waals surface area contributed by atoms with Gasteiger partial charge in [-0.05, 0) is 37.1 Å². The Bertz CT molecular complexity index is 959. The fourth-order valence-corrected chi connectivity index (χ4v) is 4.78. The summed E-state index contributed by atoms with van der Waals surface area (Å²) in [4.78, 5) is 9.30. The van der Waals surface area contributed by atoms with Crippen LogP contribution in [0, 0.1) is 5.41 Å². The largest absolute Gasteiger partial charge is 0.317 e. The van der Waals surface area contributed by atoms with Crippen LogP contribution < -0.4 is 5.49 Å². The van der Waals surface area contributed by atoms with Crippen LogP contribution in [0.5, 0.6) is 0 Å². The summed E-state index contributed by atoms with van der Waals surface area (Å²) >= 11 is 7.98. The Morgan fingerprint density at radius 1 is 1.33 bits per heavy atom. The highest BCUT2D eigenvalue weighted by molar-refractivity contribution is 7.18. The lowest BCUT2D eigenvalue weighted by Gasteiger charge is -2.22. The van der Waals surface area contributed by atoms with Crippen LogP contribution in [-0.4, -0.2) is 28.0 Å². The Morgan fingerprint density at radius 3 is 3.00 bits per heavy atom. The number of nitrogens with zero attached hydrogens (tertiary/aromatic N) is 3. The van der Waals surface area contributed by atoms with Crippen LogP contribution in [-0.2, 0) is 25.9 Å². The molecule has 0 unspecified atom stereocenters. The van der Waals surface area contributed by atoms with Crippen molar-refractivity contribution in [3.8, 4) is 0 Å². The second kappa shape index (κ2) is 6.31. The van der Waals surface area contributed by atoms with Crippen LogP contribution >= 0.6 is 22.9 Å². The number of aryl methyl sites for hydroxylation is 2. The number of fused-ring (bicyclic) bond motifs is 3. The zero-order valence-corrected chi connectivity index (χ0v) is 15.1. The molecule has 1 N–H and O–H groups in total. The number of halogens is 1. The number of likely N-dealkylation sites (N-methyl/N-ethyl adjacent to an activating group) is 1. The van der Waals surface area contributed by atoms with Crippen molar-refractivity contribution >= 4 is 33.2 Å². The van der Waals surface area contributed by atoms with Gasteiger partial charge in [0.2, 0.25) is 0 Å². The Hall–Kier alpha value is -1.69. The minimum absolute atomic E-state index is 0.578. The monoisotopic (exact) mass is 358 g/mol. The van der Waals surface area contributed by atoms with Gasteiger partial charge < -0.3 is 9.47 Å². The molecule has 0 bridgehead atoms. The van der Waals surface area contributed by atoms with Gasteiger partial charge in [-0.1, -0.05) is 29.8 Å². The molecular formula is C18H19ClN4S. The minimum Gasteiger partial charge on any atom is -0.317 e. The van der Waals surface area contributed by atoms with Gasteiger partial charge in [-0.15, -0.1) is 11.3 Å². The molecule has 0 saturated carbocycles. The third-order valence-electron chi connectivity index (χ3n) is 4.65. The second-order valence-corrected chi connectivity index (χ2v) is 7.79. The van der Waals surface area contributed by atoms with Crippen molar-refractivity contribution in [2.24, 2.45) is 0 Å². The summed E-state index contributed by atoms with van der Waals surface area (Å²) in [5.41, 5.74) is 3.02. The molecule has 0 fully saturated rings. The van der Waals surface area contributed by atoms with Gasteiger partial charge in [0.25, 0.3) is 0 Å². The Balaban J connectivity index is 1.69. The second-order valence-electron chi connectivity index (χ2n) is 6.30. The molecule has 2 aromatic heterocycles. The van der Waals surface area contributed by atoms with Gasteiger partial charge in [-0.25, -0.2) is 4.98 Å². The van der Waals surface area contributed by atoms with E-state index in [1.807, 2.05) is 28.8 Å². The van der Waals surface area contributed by atoms with Crippen molar-refractivity contribution in [2.75, 3.05) is 13.6 Å². The Morgan fingerprint density at radius 2 is 2.17 bits per heavy atom. The molecule has 0 amide bonds. The first-order valence-corrected chi connectivity index (χ1v) is 9.29. The van der Waals surface area contributed by atoms with E-state index < -0.39 is 0 Å². The number of nitrogens with one attached hydrogen (secondary N) is 1. The average molecular weight is 359 g/mol. The number of aromatic nitrogens is 2. The normalized spacial score (nSPS) is 14.9. The van der Waals surface area contributed by atoms with Gasteiger partial charge in [0.1, 0.15) is 10.3 Å². The van der Waals surface area contributed by atoms with E-state index in [0.29, 0.717) is 5.49 Å². The van der Waals surface area contributed by atoms with E-state index in [2.05, 4.69) is 16.9 Å². The zero-order chi connectivity index (χ0) is 16.7. The van der Waals surface area contributed by atoms with Gasteiger partial charge >= 0.3 is 0 Å². The standard InChI is InChI=1S/C18H19ClN4S/c1-22-8-7-13-15(10-22)24-18-16(13)17(20)23(11-21-18)9-6-12-4-2-3-5-14(12)19/h2-5,11,20H,6-10H2,1H3. The number of rotatable bonds is 3. The molecular weight excluding hydrogens is 340 g/mol. The van der Waals surface area contributed by atoms with Crippen molar-refractivity contribution in [3.63, 3.8) is 0 Å². The molecule has 1 aliphatic rings. The highest BCUT2D eigenvalue weighted by Crippen LogP contribution is 2.31. The first-order chi connectivity index (χ1) is 11.6.